The van der Waals surface area contributed by atoms with Crippen molar-refractivity contribution in [3.63, 3.8) is 0 Å². The maximum absolute atomic E-state index is 12.9. The molecule has 0 bridgehead atoms. The van der Waals surface area contributed by atoms with Gasteiger partial charge in [0.05, 0.1) is 11.1 Å². The van der Waals surface area contributed by atoms with Crippen LogP contribution in [-0.4, -0.2) is 31.7 Å². The number of halogens is 1. The minimum Gasteiger partial charge on any atom is -0.345 e. The Bertz CT molecular complexity index is 1010. The summed E-state index contributed by atoms with van der Waals surface area (Å²) in [6.45, 7) is 7.07. The van der Waals surface area contributed by atoms with Gasteiger partial charge < -0.3 is 5.32 Å². The zero-order chi connectivity index (χ0) is 21.2. The minimum absolute atomic E-state index is 0.00653. The molecule has 1 fully saturated rings. The van der Waals surface area contributed by atoms with E-state index in [1.54, 1.807) is 6.07 Å². The van der Waals surface area contributed by atoms with Gasteiger partial charge in [-0.15, -0.1) is 0 Å². The number of hydrogen-bond acceptors (Lipinski definition) is 3. The molecule has 1 aliphatic rings. The topological polar surface area (TPSA) is 66.5 Å². The molecule has 2 aromatic rings. The van der Waals surface area contributed by atoms with Gasteiger partial charge in [0.25, 0.3) is 5.91 Å². The molecule has 5 nitrogen and oxygen atoms in total. The van der Waals surface area contributed by atoms with Crippen LogP contribution in [0.25, 0.3) is 0 Å². The predicted molar refractivity (Wildman–Crippen MR) is 116 cm³/mol. The quantitative estimate of drug-likeness (QED) is 0.721. The van der Waals surface area contributed by atoms with Gasteiger partial charge in [0.2, 0.25) is 10.0 Å². The summed E-state index contributed by atoms with van der Waals surface area (Å²) in [5.74, 6) is -0.315. The van der Waals surface area contributed by atoms with Crippen molar-refractivity contribution in [3.05, 3.63) is 63.7 Å². The second-order valence-electron chi connectivity index (χ2n) is 7.53. The molecule has 0 spiro atoms. The first-order valence-corrected chi connectivity index (χ1v) is 11.7. The van der Waals surface area contributed by atoms with Gasteiger partial charge in [-0.25, -0.2) is 8.42 Å². The number of hydrogen-bond donors (Lipinski definition) is 1. The molecule has 1 N–H and O–H groups in total. The number of aryl methyl sites for hydroxylation is 2. The molecule has 156 valence electrons. The van der Waals surface area contributed by atoms with Crippen LogP contribution in [0.4, 0.5) is 0 Å². The summed E-state index contributed by atoms with van der Waals surface area (Å²) in [6, 6.07) is 10.4. The molecular formula is C22H27ClN2O3S. The highest BCUT2D eigenvalue weighted by atomic mass is 35.5. The van der Waals surface area contributed by atoms with E-state index in [4.69, 9.17) is 11.6 Å². The van der Waals surface area contributed by atoms with E-state index in [0.29, 0.717) is 13.1 Å². The SMILES string of the molecule is CC[C@H](NC(=O)c1ccc(Cl)c(S(=O)(=O)N2CCCC2)c1)c1ccc(C)c(C)c1. The second kappa shape index (κ2) is 8.86. The molecule has 7 heteroatoms. The lowest BCUT2D eigenvalue weighted by Gasteiger charge is -2.20. The number of nitrogens with zero attached hydrogens (tertiary/aromatic N) is 1. The van der Waals surface area contributed by atoms with Gasteiger partial charge >= 0.3 is 0 Å². The smallest absolute Gasteiger partial charge is 0.251 e. The lowest BCUT2D eigenvalue weighted by molar-refractivity contribution is 0.0935. The summed E-state index contributed by atoms with van der Waals surface area (Å²) in [5, 5.41) is 3.16. The summed E-state index contributed by atoms with van der Waals surface area (Å²) in [7, 11) is -3.70. The number of rotatable bonds is 6. The standard InChI is InChI=1S/C22H27ClN2O3S/c1-4-20(17-8-7-15(2)16(3)13-17)24-22(26)18-9-10-19(23)21(14-18)29(27,28)25-11-5-6-12-25/h7-10,13-14,20H,4-6,11-12H2,1-3H3,(H,24,26)/t20-/m0/s1. The van der Waals surface area contributed by atoms with E-state index in [9.17, 15) is 13.2 Å². The zero-order valence-electron chi connectivity index (χ0n) is 17.0. The Hall–Kier alpha value is -1.89. The van der Waals surface area contributed by atoms with Gasteiger partial charge in [0.15, 0.2) is 0 Å². The Morgan fingerprint density at radius 2 is 1.79 bits per heavy atom. The molecule has 29 heavy (non-hydrogen) atoms. The first kappa shape index (κ1) is 21.8. The van der Waals surface area contributed by atoms with Crippen LogP contribution < -0.4 is 5.32 Å². The van der Waals surface area contributed by atoms with E-state index in [1.807, 2.05) is 26.0 Å². The lowest BCUT2D eigenvalue weighted by Crippen LogP contribution is -2.30. The van der Waals surface area contributed by atoms with E-state index in [0.717, 1.165) is 24.8 Å². The molecule has 0 radical (unpaired) electrons. The third-order valence-corrected chi connectivity index (χ3v) is 7.90. The largest absolute Gasteiger partial charge is 0.345 e. The summed E-state index contributed by atoms with van der Waals surface area (Å²) >= 11 is 6.19. The van der Waals surface area contributed by atoms with Crippen LogP contribution >= 0.6 is 11.6 Å². The number of carbonyl (C=O) groups is 1. The highest BCUT2D eigenvalue weighted by molar-refractivity contribution is 7.89. The summed E-state index contributed by atoms with van der Waals surface area (Å²) < 4.78 is 27.2. The fourth-order valence-electron chi connectivity index (χ4n) is 3.55. The third kappa shape index (κ3) is 4.65. The van der Waals surface area contributed by atoms with E-state index in [2.05, 4.69) is 18.3 Å². The van der Waals surface area contributed by atoms with Crippen LogP contribution in [0.15, 0.2) is 41.3 Å². The second-order valence-corrected chi connectivity index (χ2v) is 9.85. The lowest BCUT2D eigenvalue weighted by atomic mass is 9.99. The fraction of sp³-hybridized carbons (Fsp3) is 0.409. The summed E-state index contributed by atoms with van der Waals surface area (Å²) in [5.41, 5.74) is 3.68. The molecule has 1 aliphatic heterocycles. The van der Waals surface area contributed by atoms with E-state index >= 15 is 0 Å². The number of benzene rings is 2. The Morgan fingerprint density at radius 1 is 1.10 bits per heavy atom. The van der Waals surface area contributed by atoms with E-state index in [-0.39, 0.29) is 27.4 Å². The van der Waals surface area contributed by atoms with Gasteiger partial charge in [0.1, 0.15) is 4.90 Å². The van der Waals surface area contributed by atoms with Crippen molar-refractivity contribution in [2.24, 2.45) is 0 Å². The number of carbonyl (C=O) groups excluding carboxylic acids is 1. The summed E-state index contributed by atoms with van der Waals surface area (Å²) in [6.07, 6.45) is 2.40. The highest BCUT2D eigenvalue weighted by Crippen LogP contribution is 2.28. The van der Waals surface area contributed by atoms with Gasteiger partial charge in [0, 0.05) is 18.7 Å². The third-order valence-electron chi connectivity index (χ3n) is 5.52. The Morgan fingerprint density at radius 3 is 2.41 bits per heavy atom. The first-order chi connectivity index (χ1) is 13.7. The number of amides is 1. The highest BCUT2D eigenvalue weighted by Gasteiger charge is 2.30. The van der Waals surface area contributed by atoms with Crippen LogP contribution in [0.1, 0.15) is 59.3 Å². The van der Waals surface area contributed by atoms with Gasteiger partial charge in [-0.1, -0.05) is 36.7 Å². The van der Waals surface area contributed by atoms with Crippen LogP contribution in [0, 0.1) is 13.8 Å². The number of nitrogens with one attached hydrogen (secondary N) is 1. The van der Waals surface area contributed by atoms with Crippen molar-refractivity contribution < 1.29 is 13.2 Å². The monoisotopic (exact) mass is 434 g/mol. The van der Waals surface area contributed by atoms with Crippen molar-refractivity contribution in [1.82, 2.24) is 9.62 Å². The van der Waals surface area contributed by atoms with Gasteiger partial charge in [-0.05, 0) is 68.0 Å². The molecule has 1 atom stereocenters. The van der Waals surface area contributed by atoms with Crippen molar-refractivity contribution in [2.75, 3.05) is 13.1 Å². The zero-order valence-corrected chi connectivity index (χ0v) is 18.6. The van der Waals surface area contributed by atoms with Crippen LogP contribution in [-0.2, 0) is 10.0 Å². The van der Waals surface area contributed by atoms with Crippen LogP contribution in [0.2, 0.25) is 5.02 Å². The Labute approximate surface area is 178 Å². The van der Waals surface area contributed by atoms with Crippen molar-refractivity contribution in [2.45, 2.75) is 51.0 Å². The predicted octanol–water partition coefficient (Wildman–Crippen LogP) is 4.62. The minimum atomic E-state index is -3.70. The maximum atomic E-state index is 12.9. The van der Waals surface area contributed by atoms with Crippen molar-refractivity contribution >= 4 is 27.5 Å². The molecule has 2 aromatic carbocycles. The maximum Gasteiger partial charge on any atom is 0.251 e. The molecular weight excluding hydrogens is 408 g/mol. The molecule has 0 saturated carbocycles. The van der Waals surface area contributed by atoms with Gasteiger partial charge in [-0.2, -0.15) is 4.31 Å². The molecule has 1 saturated heterocycles. The van der Waals surface area contributed by atoms with E-state index < -0.39 is 10.0 Å². The normalized spacial score (nSPS) is 16.0. The molecule has 0 unspecified atom stereocenters. The van der Waals surface area contributed by atoms with Crippen LogP contribution in [0.3, 0.4) is 0 Å². The molecule has 3 rings (SSSR count). The average Bonchev–Trinajstić information content (AvgIpc) is 3.24. The van der Waals surface area contributed by atoms with Crippen molar-refractivity contribution in [1.29, 1.82) is 0 Å². The molecule has 0 aliphatic carbocycles. The van der Waals surface area contributed by atoms with Gasteiger partial charge in [-0.3, -0.25) is 4.79 Å². The Kier molecular flexibility index (Phi) is 6.66. The fourth-order valence-corrected chi connectivity index (χ4v) is 5.57. The van der Waals surface area contributed by atoms with Crippen molar-refractivity contribution in [3.8, 4) is 0 Å². The van der Waals surface area contributed by atoms with E-state index in [1.165, 1.54) is 27.6 Å². The van der Waals surface area contributed by atoms with Crippen LogP contribution in [0.5, 0.6) is 0 Å². The molecule has 1 amide bonds. The average molecular weight is 435 g/mol. The molecule has 1 heterocycles. The first-order valence-electron chi connectivity index (χ1n) is 9.91. The summed E-state index contributed by atoms with van der Waals surface area (Å²) in [4.78, 5) is 12.9. The molecule has 0 aromatic heterocycles. The Balaban J connectivity index is 1.86. The number of sulfonamides is 1.